The summed E-state index contributed by atoms with van der Waals surface area (Å²) in [4.78, 5) is 0. The quantitative estimate of drug-likeness (QED) is 0.709. The minimum absolute atomic E-state index is 0.00590. The molecule has 0 amide bonds. The van der Waals surface area contributed by atoms with E-state index in [0.717, 1.165) is 18.5 Å². The number of aromatic nitrogens is 1. The molecule has 1 aromatic heterocycles. The van der Waals surface area contributed by atoms with E-state index in [1.54, 1.807) is 0 Å². The highest BCUT2D eigenvalue weighted by atomic mass is 16.5. The van der Waals surface area contributed by atoms with Crippen LogP contribution in [0.2, 0.25) is 0 Å². The minimum atomic E-state index is -0.00590. The van der Waals surface area contributed by atoms with E-state index in [9.17, 15) is 0 Å². The number of aliphatic hydroxyl groups excluding tert-OH is 1. The normalized spacial score (nSPS) is 28.1. The van der Waals surface area contributed by atoms with Crippen LogP contribution in [0.3, 0.4) is 0 Å². The van der Waals surface area contributed by atoms with Crippen LogP contribution in [0.15, 0.2) is 18.5 Å². The van der Waals surface area contributed by atoms with E-state index in [1.807, 2.05) is 23.0 Å². The molecule has 2 rings (SSSR count). The molecule has 72 valence electrons. The lowest BCUT2D eigenvalue weighted by Gasteiger charge is -2.13. The van der Waals surface area contributed by atoms with Crippen LogP contribution in [-0.4, -0.2) is 22.4 Å². The number of ether oxygens (including phenoxy) is 1. The van der Waals surface area contributed by atoms with Crippen molar-refractivity contribution in [1.82, 2.24) is 4.57 Å². The van der Waals surface area contributed by atoms with Gasteiger partial charge in [-0.15, -0.1) is 0 Å². The van der Waals surface area contributed by atoms with Crippen LogP contribution in [0.4, 0.5) is 5.69 Å². The molecule has 0 aliphatic carbocycles. The third-order valence-corrected chi connectivity index (χ3v) is 2.36. The molecular formula is C9H14N2O2. The van der Waals surface area contributed by atoms with Crippen molar-refractivity contribution in [3.8, 4) is 0 Å². The van der Waals surface area contributed by atoms with E-state index < -0.39 is 0 Å². The maximum atomic E-state index is 8.88. The molecule has 0 radical (unpaired) electrons. The molecule has 0 unspecified atom stereocenters. The average molecular weight is 182 g/mol. The lowest BCUT2D eigenvalue weighted by Crippen LogP contribution is -2.13. The van der Waals surface area contributed by atoms with Crippen LogP contribution in [0, 0.1) is 0 Å². The van der Waals surface area contributed by atoms with Gasteiger partial charge >= 0.3 is 0 Å². The SMILES string of the molecule is Nc1ccn([C@@H]2CC[C@@H](CO)O2)c1. The summed E-state index contributed by atoms with van der Waals surface area (Å²) in [5, 5.41) is 8.88. The fraction of sp³-hybridized carbons (Fsp3) is 0.556. The number of nitrogen functional groups attached to an aromatic ring is 1. The van der Waals surface area contributed by atoms with Crippen LogP contribution in [-0.2, 0) is 4.74 Å². The van der Waals surface area contributed by atoms with Crippen molar-refractivity contribution >= 4 is 5.69 Å². The van der Waals surface area contributed by atoms with Gasteiger partial charge in [0.2, 0.25) is 0 Å². The Hall–Kier alpha value is -1.00. The highest BCUT2D eigenvalue weighted by Gasteiger charge is 2.25. The van der Waals surface area contributed by atoms with Crippen molar-refractivity contribution in [3.63, 3.8) is 0 Å². The first-order chi connectivity index (χ1) is 6.29. The summed E-state index contributed by atoms with van der Waals surface area (Å²) < 4.78 is 7.52. The van der Waals surface area contributed by atoms with Crippen molar-refractivity contribution in [3.05, 3.63) is 18.5 Å². The molecule has 1 aromatic rings. The highest BCUT2D eigenvalue weighted by molar-refractivity contribution is 5.34. The predicted octanol–water partition coefficient (Wildman–Crippen LogP) is 0.740. The second-order valence-electron chi connectivity index (χ2n) is 3.36. The zero-order valence-corrected chi connectivity index (χ0v) is 7.39. The van der Waals surface area contributed by atoms with Crippen molar-refractivity contribution in [2.24, 2.45) is 0 Å². The maximum absolute atomic E-state index is 8.88. The topological polar surface area (TPSA) is 60.4 Å². The molecule has 1 saturated heterocycles. The number of hydrogen-bond acceptors (Lipinski definition) is 3. The van der Waals surface area contributed by atoms with Gasteiger partial charge in [-0.1, -0.05) is 0 Å². The first kappa shape index (κ1) is 8.59. The van der Waals surface area contributed by atoms with Gasteiger partial charge in [-0.05, 0) is 18.9 Å². The number of rotatable bonds is 2. The summed E-state index contributed by atoms with van der Waals surface area (Å²) in [5.41, 5.74) is 6.33. The molecule has 1 aliphatic heterocycles. The molecule has 1 aliphatic rings. The van der Waals surface area contributed by atoms with E-state index in [0.29, 0.717) is 0 Å². The number of nitrogens with zero attached hydrogens (tertiary/aromatic N) is 1. The Morgan fingerprint density at radius 1 is 1.62 bits per heavy atom. The van der Waals surface area contributed by atoms with Gasteiger partial charge in [-0.3, -0.25) is 0 Å². The van der Waals surface area contributed by atoms with Gasteiger partial charge in [-0.25, -0.2) is 0 Å². The first-order valence-electron chi connectivity index (χ1n) is 4.49. The number of hydrogen-bond donors (Lipinski definition) is 2. The van der Waals surface area contributed by atoms with Gasteiger partial charge in [0.1, 0.15) is 6.23 Å². The molecule has 4 nitrogen and oxygen atoms in total. The largest absolute Gasteiger partial charge is 0.397 e. The zero-order valence-electron chi connectivity index (χ0n) is 7.39. The van der Waals surface area contributed by atoms with Crippen molar-refractivity contribution in [2.45, 2.75) is 25.2 Å². The molecule has 2 atom stereocenters. The fourth-order valence-electron chi connectivity index (χ4n) is 1.65. The predicted molar refractivity (Wildman–Crippen MR) is 49.1 cm³/mol. The first-order valence-corrected chi connectivity index (χ1v) is 4.49. The lowest BCUT2D eigenvalue weighted by atomic mass is 10.2. The Kier molecular flexibility index (Phi) is 2.24. The fourth-order valence-corrected chi connectivity index (χ4v) is 1.65. The maximum Gasteiger partial charge on any atom is 0.134 e. The molecule has 0 bridgehead atoms. The van der Waals surface area contributed by atoms with Gasteiger partial charge in [0.05, 0.1) is 12.7 Å². The van der Waals surface area contributed by atoms with E-state index in [-0.39, 0.29) is 18.9 Å². The summed E-state index contributed by atoms with van der Waals surface area (Å²) in [6.45, 7) is 0.104. The van der Waals surface area contributed by atoms with E-state index >= 15 is 0 Å². The summed E-state index contributed by atoms with van der Waals surface area (Å²) in [5.74, 6) is 0. The van der Waals surface area contributed by atoms with Crippen LogP contribution in [0.25, 0.3) is 0 Å². The highest BCUT2D eigenvalue weighted by Crippen LogP contribution is 2.28. The minimum Gasteiger partial charge on any atom is -0.397 e. The zero-order chi connectivity index (χ0) is 9.26. The summed E-state index contributed by atoms with van der Waals surface area (Å²) in [7, 11) is 0. The number of anilines is 1. The van der Waals surface area contributed by atoms with E-state index in [4.69, 9.17) is 15.6 Å². The smallest absolute Gasteiger partial charge is 0.134 e. The number of nitrogens with two attached hydrogens (primary N) is 1. The van der Waals surface area contributed by atoms with Gasteiger partial charge in [0.25, 0.3) is 0 Å². The van der Waals surface area contributed by atoms with Crippen molar-refractivity contribution < 1.29 is 9.84 Å². The third kappa shape index (κ3) is 1.68. The Bertz CT molecular complexity index is 285. The lowest BCUT2D eigenvalue weighted by molar-refractivity contribution is -0.0221. The summed E-state index contributed by atoms with van der Waals surface area (Å²) in [6.07, 6.45) is 5.66. The van der Waals surface area contributed by atoms with Gasteiger partial charge in [0, 0.05) is 18.1 Å². The van der Waals surface area contributed by atoms with Crippen molar-refractivity contribution in [1.29, 1.82) is 0 Å². The second-order valence-corrected chi connectivity index (χ2v) is 3.36. The van der Waals surface area contributed by atoms with Crippen molar-refractivity contribution in [2.75, 3.05) is 12.3 Å². The van der Waals surface area contributed by atoms with Gasteiger partial charge in [0.15, 0.2) is 0 Å². The summed E-state index contributed by atoms with van der Waals surface area (Å²) >= 11 is 0. The molecular weight excluding hydrogens is 168 g/mol. The Balaban J connectivity index is 2.03. The number of aliphatic hydroxyl groups is 1. The van der Waals surface area contributed by atoms with Crippen LogP contribution < -0.4 is 5.73 Å². The Morgan fingerprint density at radius 3 is 3.00 bits per heavy atom. The Labute approximate surface area is 76.9 Å². The van der Waals surface area contributed by atoms with Crippen LogP contribution in [0.5, 0.6) is 0 Å². The molecule has 1 fully saturated rings. The van der Waals surface area contributed by atoms with Crippen LogP contribution in [0.1, 0.15) is 19.1 Å². The standard InChI is InChI=1S/C9H14N2O2/c10-7-3-4-11(5-7)9-2-1-8(6-12)13-9/h3-5,8-9,12H,1-2,6,10H2/t8-,9-/m0/s1. The average Bonchev–Trinajstić information content (AvgIpc) is 2.71. The second kappa shape index (κ2) is 3.40. The molecule has 0 saturated carbocycles. The summed E-state index contributed by atoms with van der Waals surface area (Å²) in [6, 6.07) is 1.84. The third-order valence-electron chi connectivity index (χ3n) is 2.36. The monoisotopic (exact) mass is 182 g/mol. The molecule has 2 heterocycles. The molecule has 0 spiro atoms. The van der Waals surface area contributed by atoms with Gasteiger partial charge < -0.3 is 20.1 Å². The molecule has 3 N–H and O–H groups in total. The molecule has 13 heavy (non-hydrogen) atoms. The van der Waals surface area contributed by atoms with E-state index in [2.05, 4.69) is 0 Å². The van der Waals surface area contributed by atoms with Crippen LogP contribution >= 0.6 is 0 Å². The van der Waals surface area contributed by atoms with E-state index in [1.165, 1.54) is 0 Å². The molecule has 4 heteroatoms. The molecule has 0 aromatic carbocycles. The van der Waals surface area contributed by atoms with Gasteiger partial charge in [-0.2, -0.15) is 0 Å². The Morgan fingerprint density at radius 2 is 2.46 bits per heavy atom.